The van der Waals surface area contributed by atoms with E-state index >= 15 is 0 Å². The number of hydrogen-bond donors (Lipinski definition) is 4. The molecule has 1 fully saturated rings. The highest BCUT2D eigenvalue weighted by Gasteiger charge is 2.13. The molecule has 39 heavy (non-hydrogen) atoms. The van der Waals surface area contributed by atoms with Gasteiger partial charge in [0.15, 0.2) is 5.82 Å². The second kappa shape index (κ2) is 12.4. The van der Waals surface area contributed by atoms with Crippen LogP contribution in [0.15, 0.2) is 79.0 Å². The minimum Gasteiger partial charge on any atom is -0.378 e. The molecular weight excluding hydrogens is 521 g/mol. The van der Waals surface area contributed by atoms with Crippen LogP contribution in [0, 0.1) is 5.82 Å². The number of carbonyl (C=O) groups excluding carboxylic acids is 1. The molecule has 0 bridgehead atoms. The van der Waals surface area contributed by atoms with Crippen LogP contribution >= 0.6 is 11.6 Å². The Bertz CT molecular complexity index is 1430. The lowest BCUT2D eigenvalue weighted by Gasteiger charge is -2.28. The lowest BCUT2D eigenvalue weighted by molar-refractivity contribution is 0.122. The van der Waals surface area contributed by atoms with E-state index in [-0.39, 0.29) is 12.4 Å². The molecule has 0 unspecified atom stereocenters. The Morgan fingerprint density at radius 1 is 0.974 bits per heavy atom. The topological polar surface area (TPSA) is 103 Å². The maximum Gasteiger partial charge on any atom is 0.319 e. The Balaban J connectivity index is 1.23. The molecule has 0 saturated carbocycles. The number of urea groups is 1. The summed E-state index contributed by atoms with van der Waals surface area (Å²) in [6.45, 7) is 3.37. The molecule has 2 heterocycles. The number of aromatic nitrogens is 2. The van der Waals surface area contributed by atoms with Crippen molar-refractivity contribution in [1.29, 1.82) is 0 Å². The summed E-state index contributed by atoms with van der Waals surface area (Å²) in [7, 11) is 0. The molecule has 1 aromatic heterocycles. The van der Waals surface area contributed by atoms with Crippen molar-refractivity contribution in [2.45, 2.75) is 6.54 Å². The molecule has 0 spiro atoms. The largest absolute Gasteiger partial charge is 0.378 e. The van der Waals surface area contributed by atoms with E-state index < -0.39 is 6.03 Å². The second-order valence-electron chi connectivity index (χ2n) is 8.77. The van der Waals surface area contributed by atoms with Crippen molar-refractivity contribution >= 4 is 52.1 Å². The average Bonchev–Trinajstić information content (AvgIpc) is 2.96. The van der Waals surface area contributed by atoms with E-state index in [9.17, 15) is 9.18 Å². The Labute approximate surface area is 230 Å². The fraction of sp³-hybridized carbons (Fsp3) is 0.179. The number of benzene rings is 3. The number of ether oxygens (including phenoxy) is 1. The first-order valence-corrected chi connectivity index (χ1v) is 12.8. The van der Waals surface area contributed by atoms with Crippen LogP contribution in [-0.2, 0) is 11.3 Å². The van der Waals surface area contributed by atoms with E-state index in [4.69, 9.17) is 16.3 Å². The maximum atomic E-state index is 13.4. The number of nitrogens with one attached hydrogen (secondary N) is 4. The van der Waals surface area contributed by atoms with Crippen molar-refractivity contribution in [3.8, 4) is 0 Å². The number of carbonyl (C=O) groups is 1. The molecule has 0 aliphatic carbocycles. The van der Waals surface area contributed by atoms with Crippen molar-refractivity contribution in [2.24, 2.45) is 0 Å². The van der Waals surface area contributed by atoms with Gasteiger partial charge in [-0.3, -0.25) is 0 Å². The number of rotatable bonds is 8. The van der Waals surface area contributed by atoms with Crippen molar-refractivity contribution in [3.05, 3.63) is 95.4 Å². The average molecular weight is 548 g/mol. The summed E-state index contributed by atoms with van der Waals surface area (Å²) >= 11 is 6.38. The van der Waals surface area contributed by atoms with Gasteiger partial charge >= 0.3 is 6.03 Å². The zero-order valence-corrected chi connectivity index (χ0v) is 21.7. The fourth-order valence-electron chi connectivity index (χ4n) is 4.05. The van der Waals surface area contributed by atoms with Crippen molar-refractivity contribution < 1.29 is 13.9 Å². The van der Waals surface area contributed by atoms with Gasteiger partial charge in [0.1, 0.15) is 10.8 Å². The fourth-order valence-corrected chi connectivity index (χ4v) is 4.18. The molecule has 0 radical (unpaired) electrons. The van der Waals surface area contributed by atoms with E-state index in [2.05, 4.69) is 36.1 Å². The van der Waals surface area contributed by atoms with Gasteiger partial charge in [-0.15, -0.1) is 0 Å². The lowest BCUT2D eigenvalue weighted by Crippen LogP contribution is -2.36. The van der Waals surface area contributed by atoms with Crippen LogP contribution in [0.25, 0.3) is 0 Å². The second-order valence-corrected chi connectivity index (χ2v) is 9.18. The Hall–Kier alpha value is -4.41. The minimum atomic E-state index is -0.440. The highest BCUT2D eigenvalue weighted by Crippen LogP contribution is 2.29. The van der Waals surface area contributed by atoms with Crippen molar-refractivity contribution in [2.75, 3.05) is 47.2 Å². The molecule has 9 nitrogen and oxygen atoms in total. The van der Waals surface area contributed by atoms with Gasteiger partial charge in [0.05, 0.1) is 30.8 Å². The van der Waals surface area contributed by atoms with Crippen LogP contribution in [0.2, 0.25) is 5.02 Å². The number of nitrogens with zero attached hydrogens (tertiary/aromatic N) is 3. The van der Waals surface area contributed by atoms with Gasteiger partial charge in [0.25, 0.3) is 0 Å². The Morgan fingerprint density at radius 2 is 1.74 bits per heavy atom. The molecule has 4 aromatic rings. The molecule has 1 aliphatic heterocycles. The molecule has 3 aromatic carbocycles. The molecule has 1 saturated heterocycles. The van der Waals surface area contributed by atoms with E-state index in [0.717, 1.165) is 37.7 Å². The molecule has 200 valence electrons. The van der Waals surface area contributed by atoms with E-state index in [1.54, 1.807) is 30.3 Å². The van der Waals surface area contributed by atoms with E-state index in [1.165, 1.54) is 18.3 Å². The zero-order valence-electron chi connectivity index (χ0n) is 21.0. The third kappa shape index (κ3) is 7.13. The SMILES string of the molecule is O=C(NCc1cccc(F)c1)Nc1ccccc1Nc1nc(Nc2ccc(N3CCOCC3)cc2)ncc1Cl. The van der Waals surface area contributed by atoms with Crippen LogP contribution < -0.4 is 26.2 Å². The van der Waals surface area contributed by atoms with Crippen LogP contribution in [0.1, 0.15) is 5.56 Å². The van der Waals surface area contributed by atoms with Gasteiger partial charge in [-0.25, -0.2) is 14.2 Å². The number of morpholine rings is 1. The summed E-state index contributed by atoms with van der Waals surface area (Å²) in [6.07, 6.45) is 1.50. The molecule has 11 heteroatoms. The standard InChI is InChI=1S/C28H27ClFN7O2/c29-23-18-31-27(33-21-8-10-22(11-9-21)37-12-14-39-15-13-37)36-26(23)34-24-6-1-2-7-25(24)35-28(38)32-17-19-4-3-5-20(30)16-19/h1-11,16,18H,12-15,17H2,(H2,32,35,38)(H2,31,33,34,36). The number of halogens is 2. The van der Waals surface area contributed by atoms with E-state index in [1.807, 2.05) is 30.3 Å². The minimum absolute atomic E-state index is 0.180. The molecular formula is C28H27ClFN7O2. The maximum absolute atomic E-state index is 13.4. The van der Waals surface area contributed by atoms with E-state index in [0.29, 0.717) is 33.7 Å². The van der Waals surface area contributed by atoms with Crippen LogP contribution in [0.5, 0.6) is 0 Å². The third-order valence-corrected chi connectivity index (χ3v) is 6.29. The van der Waals surface area contributed by atoms with Gasteiger partial charge in [-0.1, -0.05) is 35.9 Å². The highest BCUT2D eigenvalue weighted by atomic mass is 35.5. The molecule has 0 atom stereocenters. The number of amides is 2. The molecule has 4 N–H and O–H groups in total. The highest BCUT2D eigenvalue weighted by molar-refractivity contribution is 6.33. The Morgan fingerprint density at radius 3 is 2.51 bits per heavy atom. The van der Waals surface area contributed by atoms with Gasteiger partial charge in [0.2, 0.25) is 5.95 Å². The first-order valence-electron chi connectivity index (χ1n) is 12.4. The summed E-state index contributed by atoms with van der Waals surface area (Å²) in [5.74, 6) is 0.373. The Kier molecular flexibility index (Phi) is 8.35. The predicted molar refractivity (Wildman–Crippen MR) is 152 cm³/mol. The number of para-hydroxylation sites is 2. The summed E-state index contributed by atoms with van der Waals surface area (Å²) in [6, 6.07) is 20.8. The smallest absolute Gasteiger partial charge is 0.319 e. The first-order chi connectivity index (χ1) is 19.0. The van der Waals surface area contributed by atoms with Gasteiger partial charge in [-0.05, 0) is 54.1 Å². The van der Waals surface area contributed by atoms with Crippen molar-refractivity contribution in [3.63, 3.8) is 0 Å². The summed E-state index contributed by atoms with van der Waals surface area (Å²) in [4.78, 5) is 23.6. The number of anilines is 6. The monoisotopic (exact) mass is 547 g/mol. The van der Waals surface area contributed by atoms with Crippen LogP contribution in [-0.4, -0.2) is 42.3 Å². The van der Waals surface area contributed by atoms with Gasteiger partial charge < -0.3 is 30.9 Å². The lowest BCUT2D eigenvalue weighted by atomic mass is 10.2. The van der Waals surface area contributed by atoms with Gasteiger partial charge in [0, 0.05) is 31.0 Å². The molecule has 5 rings (SSSR count). The first kappa shape index (κ1) is 26.2. The summed E-state index contributed by atoms with van der Waals surface area (Å²) < 4.78 is 18.8. The summed E-state index contributed by atoms with van der Waals surface area (Å²) in [5, 5.41) is 12.2. The molecule has 2 amide bonds. The number of hydrogen-bond acceptors (Lipinski definition) is 7. The third-order valence-electron chi connectivity index (χ3n) is 6.01. The van der Waals surface area contributed by atoms with Gasteiger partial charge in [-0.2, -0.15) is 4.98 Å². The van der Waals surface area contributed by atoms with Crippen LogP contribution in [0.4, 0.5) is 43.7 Å². The summed E-state index contributed by atoms with van der Waals surface area (Å²) in [5.41, 5.74) is 3.71. The van der Waals surface area contributed by atoms with Crippen LogP contribution in [0.3, 0.4) is 0 Å². The normalized spacial score (nSPS) is 13.0. The van der Waals surface area contributed by atoms with Crippen molar-refractivity contribution in [1.82, 2.24) is 15.3 Å². The quantitative estimate of drug-likeness (QED) is 0.217. The molecule has 1 aliphatic rings. The predicted octanol–water partition coefficient (Wildman–Crippen LogP) is 5.91. The zero-order chi connectivity index (χ0) is 27.0.